The number of Topliss-reactive ketones (excluding diaryl/α,β-unsaturated/α-hetero) is 1. The van der Waals surface area contributed by atoms with Crippen LogP contribution in [0.3, 0.4) is 0 Å². The molecular weight excluding hydrogens is 918 g/mol. The summed E-state index contributed by atoms with van der Waals surface area (Å²) in [6, 6.07) is 8.14. The molecule has 2 saturated carbocycles. The highest BCUT2D eigenvalue weighted by atomic mass is 35.5. The largest absolute Gasteiger partial charge is 0.298 e. The number of halogens is 9. The summed E-state index contributed by atoms with van der Waals surface area (Å²) in [6.45, 7) is 0.754. The van der Waals surface area contributed by atoms with Crippen molar-refractivity contribution in [3.8, 4) is 23.0 Å². The van der Waals surface area contributed by atoms with Gasteiger partial charge < -0.3 is 0 Å². The number of alkyl halides is 6. The Balaban J connectivity index is 1.31. The summed E-state index contributed by atoms with van der Waals surface area (Å²) in [5.41, 5.74) is -2.10. The number of carbonyl (C=O) groups is 1. The molecule has 8 rings (SSSR count). The van der Waals surface area contributed by atoms with Gasteiger partial charge in [-0.2, -0.15) is 19.0 Å². The third-order valence-electron chi connectivity index (χ3n) is 12.0. The summed E-state index contributed by atoms with van der Waals surface area (Å²) in [5.74, 6) is -4.99. The molecular formula is C43H38ClF8N5O5S2. The molecule has 3 unspecified atom stereocenters. The molecule has 3 aromatic heterocycles. The highest BCUT2D eigenvalue weighted by molar-refractivity contribution is 7.92. The molecule has 0 bridgehead atoms. The number of hydrogen-bond donors (Lipinski definition) is 0. The van der Waals surface area contributed by atoms with Crippen molar-refractivity contribution in [2.45, 2.75) is 105 Å². The van der Waals surface area contributed by atoms with Gasteiger partial charge in [0.25, 0.3) is 18.8 Å². The standard InChI is InChI=1S/C43H38ClF8N5O5S2/c1-42(2,63(3,59)60)11-10-25-4-7-28(29-8-9-32(44)36-33(20-64(61,62)27-5-6-27)54-56(39(29)36)19-34(47)48)37(53-25)22(12-21-13-23(45)16-24(46)14-21)15-26(58)18-57-40-35(38(55-57)41(49)50)30-17-31(30)43(40,51)52/h4,7-9,13-14,16,22,27,30-31,34,41H,5-6,12,15,17-20H2,1-3H3. The van der Waals surface area contributed by atoms with Gasteiger partial charge in [-0.1, -0.05) is 23.6 Å². The van der Waals surface area contributed by atoms with Crippen molar-refractivity contribution in [3.05, 3.63) is 98.7 Å². The van der Waals surface area contributed by atoms with E-state index in [1.54, 1.807) is 0 Å². The van der Waals surface area contributed by atoms with Gasteiger partial charge in [-0.15, -0.1) is 0 Å². The third kappa shape index (κ3) is 8.66. The number of benzene rings is 2. The van der Waals surface area contributed by atoms with E-state index >= 15 is 8.78 Å². The number of nitrogens with zero attached hydrogens (tertiary/aromatic N) is 5. The molecule has 0 aliphatic heterocycles. The van der Waals surface area contributed by atoms with Crippen molar-refractivity contribution >= 4 is 48.0 Å². The van der Waals surface area contributed by atoms with Crippen LogP contribution < -0.4 is 0 Å². The number of rotatable bonds is 15. The van der Waals surface area contributed by atoms with Gasteiger partial charge in [0, 0.05) is 52.7 Å². The molecule has 64 heavy (non-hydrogen) atoms. The van der Waals surface area contributed by atoms with E-state index < -0.39 is 120 Å². The van der Waals surface area contributed by atoms with Gasteiger partial charge in [-0.3, -0.25) is 14.2 Å². The first kappa shape index (κ1) is 45.7. The van der Waals surface area contributed by atoms with Crippen LogP contribution in [0.15, 0.2) is 42.5 Å². The number of pyridine rings is 1. The second kappa shape index (κ2) is 16.2. The second-order valence-corrected chi connectivity index (χ2v) is 22.4. The highest BCUT2D eigenvalue weighted by Gasteiger charge is 2.67. The molecule has 0 amide bonds. The molecule has 21 heteroatoms. The van der Waals surface area contributed by atoms with Crippen LogP contribution in [-0.4, -0.2) is 69.8 Å². The molecule has 0 radical (unpaired) electrons. The molecule has 3 aliphatic rings. The maximum absolute atomic E-state index is 15.5. The Kier molecular flexibility index (Phi) is 11.6. The number of carbonyl (C=O) groups excluding carboxylic acids is 1. The molecule has 3 heterocycles. The summed E-state index contributed by atoms with van der Waals surface area (Å²) in [5, 5.41) is 7.40. The summed E-state index contributed by atoms with van der Waals surface area (Å²) in [6.07, 6.45) is -5.48. The fraction of sp³-hybridized carbons (Fsp3) is 0.442. The molecule has 3 atom stereocenters. The number of hydrogen-bond acceptors (Lipinski definition) is 8. The Morgan fingerprint density at radius 2 is 1.62 bits per heavy atom. The molecule has 10 nitrogen and oxygen atoms in total. The summed E-state index contributed by atoms with van der Waals surface area (Å²) in [7, 11) is -7.55. The van der Waals surface area contributed by atoms with E-state index in [0.717, 1.165) is 23.1 Å². The molecule has 2 aromatic carbocycles. The van der Waals surface area contributed by atoms with Gasteiger partial charge in [0.15, 0.2) is 25.5 Å². The number of sulfone groups is 2. The lowest BCUT2D eigenvalue weighted by Gasteiger charge is -2.22. The Morgan fingerprint density at radius 1 is 0.953 bits per heavy atom. The molecule has 0 spiro atoms. The van der Waals surface area contributed by atoms with Crippen LogP contribution in [-0.2, 0) is 55.7 Å². The van der Waals surface area contributed by atoms with Crippen molar-refractivity contribution < 1.29 is 56.8 Å². The normalized spacial score (nSPS) is 18.6. The van der Waals surface area contributed by atoms with Gasteiger partial charge in [-0.05, 0) is 87.3 Å². The number of aromatic nitrogens is 5. The van der Waals surface area contributed by atoms with Crippen LogP contribution in [0, 0.1) is 29.4 Å². The molecule has 0 saturated heterocycles. The van der Waals surface area contributed by atoms with Crippen molar-refractivity contribution in [2.24, 2.45) is 5.92 Å². The van der Waals surface area contributed by atoms with Crippen LogP contribution >= 0.6 is 11.6 Å². The first-order valence-electron chi connectivity index (χ1n) is 20.0. The van der Waals surface area contributed by atoms with E-state index in [-0.39, 0.29) is 68.1 Å². The lowest BCUT2D eigenvalue weighted by molar-refractivity contribution is -0.120. The fourth-order valence-electron chi connectivity index (χ4n) is 8.43. The fourth-order valence-corrected chi connectivity index (χ4v) is 10.6. The first-order chi connectivity index (χ1) is 29.9. The lowest BCUT2D eigenvalue weighted by atomic mass is 9.86. The minimum Gasteiger partial charge on any atom is -0.298 e. The number of fused-ring (bicyclic) bond motifs is 4. The molecule has 2 fully saturated rings. The van der Waals surface area contributed by atoms with Gasteiger partial charge in [0.2, 0.25) is 0 Å². The van der Waals surface area contributed by atoms with Crippen LogP contribution in [0.25, 0.3) is 22.0 Å². The zero-order valence-electron chi connectivity index (χ0n) is 34.2. The minimum atomic E-state index is -3.78. The van der Waals surface area contributed by atoms with Gasteiger partial charge in [0.1, 0.15) is 46.6 Å². The second-order valence-electron chi connectivity index (χ2n) is 17.1. The first-order valence-corrected chi connectivity index (χ1v) is 24.0. The molecule has 340 valence electrons. The Bertz CT molecular complexity index is 3010. The Morgan fingerprint density at radius 3 is 2.25 bits per heavy atom. The van der Waals surface area contributed by atoms with Crippen LogP contribution in [0.1, 0.15) is 97.4 Å². The van der Waals surface area contributed by atoms with E-state index in [0.29, 0.717) is 23.6 Å². The third-order valence-corrected chi connectivity index (χ3v) is 16.4. The topological polar surface area (TPSA) is 134 Å². The Labute approximate surface area is 367 Å². The lowest BCUT2D eigenvalue weighted by Crippen LogP contribution is -2.28. The van der Waals surface area contributed by atoms with Crippen molar-refractivity contribution in [1.82, 2.24) is 24.5 Å². The van der Waals surface area contributed by atoms with Gasteiger partial charge >= 0.3 is 0 Å². The van der Waals surface area contributed by atoms with Crippen LogP contribution in [0.4, 0.5) is 35.1 Å². The number of ketones is 1. The van der Waals surface area contributed by atoms with E-state index in [1.807, 2.05) is 0 Å². The molecule has 0 N–H and O–H groups in total. The zero-order chi connectivity index (χ0) is 46.4. The maximum Gasteiger partial charge on any atom is 0.293 e. The van der Waals surface area contributed by atoms with Crippen molar-refractivity contribution in [1.29, 1.82) is 0 Å². The van der Waals surface area contributed by atoms with E-state index in [9.17, 15) is 48.0 Å². The van der Waals surface area contributed by atoms with E-state index in [4.69, 9.17) is 16.6 Å². The molecule has 3 aliphatic carbocycles. The maximum atomic E-state index is 15.5. The molecule has 5 aromatic rings. The van der Waals surface area contributed by atoms with Gasteiger partial charge in [0.05, 0.1) is 32.9 Å². The van der Waals surface area contributed by atoms with Crippen molar-refractivity contribution in [3.63, 3.8) is 0 Å². The van der Waals surface area contributed by atoms with Crippen LogP contribution in [0.2, 0.25) is 5.02 Å². The minimum absolute atomic E-state index is 0.0131. The summed E-state index contributed by atoms with van der Waals surface area (Å²) in [4.78, 5) is 18.9. The predicted octanol–water partition coefficient (Wildman–Crippen LogP) is 8.88. The quantitative estimate of drug-likeness (QED) is 0.0751. The van der Waals surface area contributed by atoms with E-state index in [1.165, 1.54) is 38.1 Å². The average Bonchev–Trinajstić information content (AvgIpc) is 4.10. The van der Waals surface area contributed by atoms with Gasteiger partial charge in [-0.25, -0.2) is 48.2 Å². The predicted molar refractivity (Wildman–Crippen MR) is 220 cm³/mol. The van der Waals surface area contributed by atoms with Crippen molar-refractivity contribution in [2.75, 3.05) is 6.26 Å². The van der Waals surface area contributed by atoms with Crippen LogP contribution in [0.5, 0.6) is 0 Å². The summed E-state index contributed by atoms with van der Waals surface area (Å²) >= 11 is 6.68. The SMILES string of the molecule is CC(C)(C#Cc1ccc(-c2ccc(Cl)c3c(CS(=O)(=O)C4CC4)nn(CC(F)F)c23)c(C(CC(=O)Cn2nc(C(F)F)c3c2C(F)(F)C2CC32)Cc2cc(F)cc(F)c2)n1)S(C)(=O)=O. The zero-order valence-corrected chi connectivity index (χ0v) is 36.5. The Hall–Kier alpha value is -4.87. The monoisotopic (exact) mass is 955 g/mol. The van der Waals surface area contributed by atoms with E-state index in [2.05, 4.69) is 22.0 Å². The average molecular weight is 956 g/mol. The summed E-state index contributed by atoms with van der Waals surface area (Å²) < 4.78 is 169. The smallest absolute Gasteiger partial charge is 0.293 e. The highest BCUT2D eigenvalue weighted by Crippen LogP contribution is 2.68.